The summed E-state index contributed by atoms with van der Waals surface area (Å²) >= 11 is 0. The molecule has 4 aliphatic carbocycles. The van der Waals surface area contributed by atoms with Crippen LogP contribution in [0, 0.1) is 40.4 Å². The van der Waals surface area contributed by atoms with Gasteiger partial charge in [-0.15, -0.1) is 0 Å². The SMILES string of the molecule is CC(=O)O[C@@H]1CC[C@@]2(C)[C@H]3CC[C@@]4(C)[C@H](C(C)=O)[C@@H](C)C[C@H]4[C@H]3C[C@@H]3O[C@@]32C1. The van der Waals surface area contributed by atoms with Gasteiger partial charge in [-0.3, -0.25) is 9.59 Å². The second kappa shape index (κ2) is 5.83. The molecule has 0 aromatic rings. The summed E-state index contributed by atoms with van der Waals surface area (Å²) in [5.74, 6) is 2.99. The van der Waals surface area contributed by atoms with Crippen molar-refractivity contribution in [3.05, 3.63) is 0 Å². The van der Waals surface area contributed by atoms with Crippen LogP contribution in [0.2, 0.25) is 0 Å². The van der Waals surface area contributed by atoms with E-state index in [0.717, 1.165) is 25.7 Å². The van der Waals surface area contributed by atoms with Crippen molar-refractivity contribution in [3.8, 4) is 0 Å². The van der Waals surface area contributed by atoms with E-state index in [2.05, 4.69) is 20.8 Å². The summed E-state index contributed by atoms with van der Waals surface area (Å²) in [5, 5.41) is 0. The third kappa shape index (κ3) is 2.27. The van der Waals surface area contributed by atoms with Crippen molar-refractivity contribution in [2.45, 2.75) is 97.4 Å². The maximum Gasteiger partial charge on any atom is 0.302 e. The van der Waals surface area contributed by atoms with E-state index in [4.69, 9.17) is 9.47 Å². The summed E-state index contributed by atoms with van der Waals surface area (Å²) < 4.78 is 12.1. The zero-order valence-corrected chi connectivity index (χ0v) is 18.1. The second-order valence-electron chi connectivity index (χ2n) is 11.3. The predicted octanol–water partition coefficient (Wildman–Crippen LogP) is 4.54. The van der Waals surface area contributed by atoms with Crippen LogP contribution in [0.1, 0.15) is 79.6 Å². The summed E-state index contributed by atoms with van der Waals surface area (Å²) in [5.41, 5.74) is 0.299. The number of hydrogen-bond donors (Lipinski definition) is 0. The molecule has 4 nitrogen and oxygen atoms in total. The van der Waals surface area contributed by atoms with Crippen molar-refractivity contribution in [1.82, 2.24) is 0 Å². The van der Waals surface area contributed by atoms with Crippen LogP contribution in [0.4, 0.5) is 0 Å². The van der Waals surface area contributed by atoms with Gasteiger partial charge in [-0.1, -0.05) is 20.8 Å². The van der Waals surface area contributed by atoms with E-state index in [0.29, 0.717) is 35.6 Å². The maximum absolute atomic E-state index is 12.5. The molecule has 5 rings (SSSR count). The van der Waals surface area contributed by atoms with Crippen LogP contribution in [0.3, 0.4) is 0 Å². The van der Waals surface area contributed by atoms with Crippen LogP contribution in [0.5, 0.6) is 0 Å². The highest BCUT2D eigenvalue weighted by atomic mass is 16.6. The molecule has 5 aliphatic rings. The minimum absolute atomic E-state index is 0.0228. The first-order valence-electron chi connectivity index (χ1n) is 11.5. The minimum atomic E-state index is -0.167. The maximum atomic E-state index is 12.5. The van der Waals surface area contributed by atoms with Crippen molar-refractivity contribution >= 4 is 11.8 Å². The fourth-order valence-electron chi connectivity index (χ4n) is 9.20. The van der Waals surface area contributed by atoms with E-state index in [9.17, 15) is 9.59 Å². The van der Waals surface area contributed by atoms with Gasteiger partial charge in [-0.25, -0.2) is 0 Å². The summed E-state index contributed by atoms with van der Waals surface area (Å²) in [6.45, 7) is 10.5. The Morgan fingerprint density at radius 3 is 2.46 bits per heavy atom. The van der Waals surface area contributed by atoms with Crippen LogP contribution < -0.4 is 0 Å². The van der Waals surface area contributed by atoms with Crippen LogP contribution >= 0.6 is 0 Å². The summed E-state index contributed by atoms with van der Waals surface area (Å²) in [7, 11) is 0. The van der Waals surface area contributed by atoms with Crippen molar-refractivity contribution < 1.29 is 19.1 Å². The van der Waals surface area contributed by atoms with Crippen LogP contribution in [-0.2, 0) is 19.1 Å². The normalized spacial score (nSPS) is 56.7. The molecule has 28 heavy (non-hydrogen) atoms. The van der Waals surface area contributed by atoms with E-state index < -0.39 is 0 Å². The third-order valence-electron chi connectivity index (χ3n) is 10.2. The molecule has 0 aromatic carbocycles. The highest BCUT2D eigenvalue weighted by Gasteiger charge is 2.76. The van der Waals surface area contributed by atoms with Crippen molar-refractivity contribution in [1.29, 1.82) is 0 Å². The number of hydrogen-bond acceptors (Lipinski definition) is 4. The van der Waals surface area contributed by atoms with E-state index in [1.54, 1.807) is 0 Å². The molecule has 5 fully saturated rings. The smallest absolute Gasteiger partial charge is 0.302 e. The number of rotatable bonds is 2. The average Bonchev–Trinajstić information content (AvgIpc) is 3.20. The summed E-state index contributed by atoms with van der Waals surface area (Å²) in [6.07, 6.45) is 8.03. The predicted molar refractivity (Wildman–Crippen MR) is 105 cm³/mol. The largest absolute Gasteiger partial charge is 0.462 e. The molecule has 1 saturated heterocycles. The van der Waals surface area contributed by atoms with Crippen LogP contribution in [-0.4, -0.2) is 29.6 Å². The Hall–Kier alpha value is -0.900. The molecule has 4 saturated carbocycles. The van der Waals surface area contributed by atoms with Crippen LogP contribution in [0.25, 0.3) is 0 Å². The second-order valence-corrected chi connectivity index (χ2v) is 11.3. The molecule has 0 aromatic heterocycles. The van der Waals surface area contributed by atoms with E-state index in [1.165, 1.54) is 26.2 Å². The Morgan fingerprint density at radius 2 is 1.79 bits per heavy atom. The van der Waals surface area contributed by atoms with Crippen molar-refractivity contribution in [3.63, 3.8) is 0 Å². The molecule has 1 heterocycles. The third-order valence-corrected chi connectivity index (χ3v) is 10.2. The Kier molecular flexibility index (Phi) is 3.98. The standard InChI is InChI=1S/C24H36O4/c1-13-10-19-17-11-20-24(28-20)12-16(27-15(3)26)6-9-23(24,5)18(17)7-8-22(19,4)21(13)14(2)25/h13,16-21H,6-12H2,1-5H3/t13-,16+,17-,18-,19-,20-,21-,22+,23-,24-/m0/s1. The zero-order chi connectivity index (χ0) is 20.1. The number of carbonyl (C=O) groups excluding carboxylic acids is 2. The molecule has 0 unspecified atom stereocenters. The molecule has 0 radical (unpaired) electrons. The topological polar surface area (TPSA) is 55.9 Å². The van der Waals surface area contributed by atoms with Gasteiger partial charge in [0.2, 0.25) is 0 Å². The molecule has 1 aliphatic heterocycles. The molecule has 1 spiro atoms. The lowest BCUT2D eigenvalue weighted by Gasteiger charge is -2.59. The van der Waals surface area contributed by atoms with Gasteiger partial charge in [0, 0.05) is 24.7 Å². The molecule has 0 amide bonds. The molecular weight excluding hydrogens is 352 g/mol. The van der Waals surface area contributed by atoms with Crippen molar-refractivity contribution in [2.24, 2.45) is 40.4 Å². The lowest BCUT2D eigenvalue weighted by Crippen LogP contribution is -2.59. The van der Waals surface area contributed by atoms with Gasteiger partial charge >= 0.3 is 5.97 Å². The number of Topliss-reactive ketones (excluding diaryl/α,β-unsaturated/α-hetero) is 1. The van der Waals surface area contributed by atoms with Gasteiger partial charge in [0.15, 0.2) is 0 Å². The molecule has 4 heteroatoms. The van der Waals surface area contributed by atoms with Gasteiger partial charge in [-0.2, -0.15) is 0 Å². The highest BCUT2D eigenvalue weighted by molar-refractivity contribution is 5.80. The molecule has 10 atom stereocenters. The molecule has 0 N–H and O–H groups in total. The highest BCUT2D eigenvalue weighted by Crippen LogP contribution is 2.74. The fraction of sp³-hybridized carbons (Fsp3) is 0.917. The first-order chi connectivity index (χ1) is 13.1. The number of epoxide rings is 1. The summed E-state index contributed by atoms with van der Waals surface area (Å²) in [6, 6.07) is 0. The van der Waals surface area contributed by atoms with E-state index in [1.807, 2.05) is 6.92 Å². The van der Waals surface area contributed by atoms with Gasteiger partial charge in [-0.05, 0) is 74.5 Å². The van der Waals surface area contributed by atoms with E-state index >= 15 is 0 Å². The monoisotopic (exact) mass is 388 g/mol. The average molecular weight is 389 g/mol. The zero-order valence-electron chi connectivity index (χ0n) is 18.1. The number of esters is 1. The minimum Gasteiger partial charge on any atom is -0.462 e. The van der Waals surface area contributed by atoms with Gasteiger partial charge < -0.3 is 9.47 Å². The van der Waals surface area contributed by atoms with Gasteiger partial charge in [0.25, 0.3) is 0 Å². The molecule has 156 valence electrons. The Morgan fingerprint density at radius 1 is 1.04 bits per heavy atom. The number of ether oxygens (including phenoxy) is 2. The lowest BCUT2D eigenvalue weighted by molar-refractivity contribution is -0.158. The molecular formula is C24H36O4. The molecule has 0 bridgehead atoms. The Bertz CT molecular complexity index is 717. The fourth-order valence-corrected chi connectivity index (χ4v) is 9.20. The first kappa shape index (κ1) is 19.1. The first-order valence-corrected chi connectivity index (χ1v) is 11.5. The summed E-state index contributed by atoms with van der Waals surface area (Å²) in [4.78, 5) is 24.0. The van der Waals surface area contributed by atoms with Gasteiger partial charge in [0.1, 0.15) is 17.5 Å². The number of carbonyl (C=O) groups is 2. The van der Waals surface area contributed by atoms with E-state index in [-0.39, 0.29) is 34.4 Å². The Balaban J connectivity index is 1.44. The Labute approximate surface area is 169 Å². The number of fused-ring (bicyclic) bond motifs is 4. The van der Waals surface area contributed by atoms with Crippen molar-refractivity contribution in [2.75, 3.05) is 0 Å². The number of ketones is 1. The van der Waals surface area contributed by atoms with Gasteiger partial charge in [0.05, 0.1) is 6.10 Å². The quantitative estimate of drug-likeness (QED) is 0.515. The lowest BCUT2D eigenvalue weighted by atomic mass is 9.44. The van der Waals surface area contributed by atoms with Crippen LogP contribution in [0.15, 0.2) is 0 Å².